The van der Waals surface area contributed by atoms with Crippen LogP contribution < -0.4 is 19.7 Å². The predicted molar refractivity (Wildman–Crippen MR) is 105 cm³/mol. The first-order chi connectivity index (χ1) is 12.8. The number of amides is 2. The lowest BCUT2D eigenvalue weighted by Gasteiger charge is -2.20. The summed E-state index contributed by atoms with van der Waals surface area (Å²) in [4.78, 5) is 27.0. The fraction of sp³-hybridized carbons (Fsp3) is 0.300. The molecule has 6 nitrogen and oxygen atoms in total. The average Bonchev–Trinajstić information content (AvgIpc) is 2.83. The number of carbonyl (C=O) groups excluding carboxylic acids is 2. The number of nitrogens with one attached hydrogen (secondary N) is 1. The maximum absolute atomic E-state index is 12.8. The second-order valence-electron chi connectivity index (χ2n) is 6.77. The van der Waals surface area contributed by atoms with Gasteiger partial charge >= 0.3 is 0 Å². The zero-order valence-corrected chi connectivity index (χ0v) is 16.4. The van der Waals surface area contributed by atoms with Crippen LogP contribution in [0.3, 0.4) is 0 Å². The van der Waals surface area contributed by atoms with Gasteiger partial charge in [-0.1, -0.05) is 29.8 Å². The van der Waals surface area contributed by atoms with Gasteiger partial charge in [-0.05, 0) is 31.5 Å². The third kappa shape index (κ3) is 3.32. The minimum atomic E-state index is -0.669. The fourth-order valence-electron chi connectivity index (χ4n) is 3.25. The lowest BCUT2D eigenvalue weighted by atomic mass is 9.86. The Morgan fingerprint density at radius 1 is 1.15 bits per heavy atom. The van der Waals surface area contributed by atoms with Crippen LogP contribution >= 0.6 is 11.6 Å². The van der Waals surface area contributed by atoms with Gasteiger partial charge in [0.1, 0.15) is 18.0 Å². The van der Waals surface area contributed by atoms with E-state index in [0.717, 1.165) is 11.3 Å². The zero-order chi connectivity index (χ0) is 19.8. The van der Waals surface area contributed by atoms with Crippen molar-refractivity contribution < 1.29 is 19.1 Å². The summed E-state index contributed by atoms with van der Waals surface area (Å²) in [5.41, 5.74) is 1.40. The minimum absolute atomic E-state index is 0.105. The molecule has 0 spiro atoms. The predicted octanol–water partition coefficient (Wildman–Crippen LogP) is 3.62. The Morgan fingerprint density at radius 3 is 2.48 bits per heavy atom. The molecule has 2 aromatic rings. The van der Waals surface area contributed by atoms with E-state index in [-0.39, 0.29) is 18.4 Å². The van der Waals surface area contributed by atoms with Gasteiger partial charge in [0.2, 0.25) is 11.8 Å². The van der Waals surface area contributed by atoms with Crippen molar-refractivity contribution in [1.82, 2.24) is 0 Å². The van der Waals surface area contributed by atoms with E-state index in [0.29, 0.717) is 22.2 Å². The van der Waals surface area contributed by atoms with Gasteiger partial charge in [0.05, 0.1) is 30.3 Å². The molecule has 1 aliphatic rings. The first-order valence-electron chi connectivity index (χ1n) is 8.42. The maximum atomic E-state index is 12.8. The number of para-hydroxylation sites is 1. The molecule has 0 radical (unpaired) electrons. The summed E-state index contributed by atoms with van der Waals surface area (Å²) < 4.78 is 10.4. The summed E-state index contributed by atoms with van der Waals surface area (Å²) in [5.74, 6) is 0.393. The highest BCUT2D eigenvalue weighted by Gasteiger charge is 2.44. The zero-order valence-electron chi connectivity index (χ0n) is 15.6. The molecule has 142 valence electrons. The fourth-order valence-corrected chi connectivity index (χ4v) is 3.49. The van der Waals surface area contributed by atoms with Gasteiger partial charge in [-0.15, -0.1) is 0 Å². The van der Waals surface area contributed by atoms with Crippen LogP contribution in [0.25, 0.3) is 0 Å². The molecule has 0 saturated heterocycles. The van der Waals surface area contributed by atoms with Crippen molar-refractivity contribution in [1.29, 1.82) is 0 Å². The Labute approximate surface area is 163 Å². The van der Waals surface area contributed by atoms with E-state index >= 15 is 0 Å². The number of hydrogen-bond donors (Lipinski definition) is 1. The van der Waals surface area contributed by atoms with Gasteiger partial charge in [0.15, 0.2) is 0 Å². The van der Waals surface area contributed by atoms with Crippen molar-refractivity contribution in [2.24, 2.45) is 0 Å². The summed E-state index contributed by atoms with van der Waals surface area (Å²) in [6, 6.07) is 10.7. The van der Waals surface area contributed by atoms with Gasteiger partial charge in [0, 0.05) is 11.8 Å². The quantitative estimate of drug-likeness (QED) is 0.849. The normalized spacial score (nSPS) is 14.7. The topological polar surface area (TPSA) is 67.9 Å². The Hall–Kier alpha value is -2.73. The standard InChI is InChI=1S/C20H21ClN2O4/c1-20(2)12-7-5-6-8-15(12)23(19(20)25)11-18(24)22-14-9-13(21)16(26-3)10-17(14)27-4/h5-10H,11H2,1-4H3,(H,22,24). The Bertz CT molecular complexity index is 911. The second-order valence-corrected chi connectivity index (χ2v) is 7.18. The molecular weight excluding hydrogens is 368 g/mol. The molecule has 0 aromatic heterocycles. The number of anilines is 2. The molecule has 0 fully saturated rings. The molecule has 0 unspecified atom stereocenters. The van der Waals surface area contributed by atoms with Crippen molar-refractivity contribution in [2.75, 3.05) is 31.0 Å². The maximum Gasteiger partial charge on any atom is 0.244 e. The highest BCUT2D eigenvalue weighted by atomic mass is 35.5. The molecule has 2 aromatic carbocycles. The van der Waals surface area contributed by atoms with Crippen LogP contribution in [0, 0.1) is 0 Å². The number of nitrogens with zero attached hydrogens (tertiary/aromatic N) is 1. The summed E-state index contributed by atoms with van der Waals surface area (Å²) in [5, 5.41) is 3.11. The lowest BCUT2D eigenvalue weighted by Crippen LogP contribution is -2.40. The Morgan fingerprint density at radius 2 is 1.81 bits per heavy atom. The number of carbonyl (C=O) groups is 2. The molecule has 1 aliphatic heterocycles. The first-order valence-corrected chi connectivity index (χ1v) is 8.80. The molecule has 1 heterocycles. The van der Waals surface area contributed by atoms with Crippen LogP contribution in [-0.2, 0) is 15.0 Å². The number of fused-ring (bicyclic) bond motifs is 1. The molecule has 0 saturated carbocycles. The molecule has 1 N–H and O–H groups in total. The Balaban J connectivity index is 1.83. The van der Waals surface area contributed by atoms with Crippen LogP contribution in [-0.4, -0.2) is 32.6 Å². The van der Waals surface area contributed by atoms with Crippen molar-refractivity contribution >= 4 is 34.8 Å². The largest absolute Gasteiger partial charge is 0.495 e. The van der Waals surface area contributed by atoms with Crippen LogP contribution in [0.4, 0.5) is 11.4 Å². The Kier molecular flexibility index (Phi) is 5.02. The highest BCUT2D eigenvalue weighted by Crippen LogP contribution is 2.41. The van der Waals surface area contributed by atoms with E-state index < -0.39 is 5.41 Å². The SMILES string of the molecule is COc1cc(OC)c(NC(=O)CN2C(=O)C(C)(C)c3ccccc32)cc1Cl. The molecule has 3 rings (SSSR count). The van der Waals surface area contributed by atoms with E-state index in [4.69, 9.17) is 21.1 Å². The van der Waals surface area contributed by atoms with Crippen molar-refractivity contribution in [3.8, 4) is 11.5 Å². The lowest BCUT2D eigenvalue weighted by molar-refractivity contribution is -0.124. The first kappa shape index (κ1) is 19.0. The number of hydrogen-bond acceptors (Lipinski definition) is 4. The van der Waals surface area contributed by atoms with Gasteiger partial charge in [0.25, 0.3) is 0 Å². The molecule has 2 amide bonds. The number of halogens is 1. The number of rotatable bonds is 5. The molecule has 7 heteroatoms. The summed E-state index contributed by atoms with van der Waals surface area (Å²) in [6.45, 7) is 3.61. The van der Waals surface area contributed by atoms with E-state index in [1.165, 1.54) is 19.1 Å². The van der Waals surface area contributed by atoms with E-state index in [1.807, 2.05) is 38.1 Å². The highest BCUT2D eigenvalue weighted by molar-refractivity contribution is 6.32. The van der Waals surface area contributed by atoms with Crippen molar-refractivity contribution in [3.63, 3.8) is 0 Å². The molecule has 0 aliphatic carbocycles. The number of benzene rings is 2. The van der Waals surface area contributed by atoms with E-state index in [9.17, 15) is 9.59 Å². The van der Waals surface area contributed by atoms with Gasteiger partial charge < -0.3 is 19.7 Å². The van der Waals surface area contributed by atoms with Crippen LogP contribution in [0.5, 0.6) is 11.5 Å². The third-order valence-corrected chi connectivity index (χ3v) is 4.99. The number of methoxy groups -OCH3 is 2. The summed E-state index contributed by atoms with van der Waals surface area (Å²) >= 11 is 6.14. The van der Waals surface area contributed by atoms with Gasteiger partial charge in [-0.2, -0.15) is 0 Å². The van der Waals surface area contributed by atoms with E-state index in [1.54, 1.807) is 12.1 Å². The summed E-state index contributed by atoms with van der Waals surface area (Å²) in [7, 11) is 2.98. The van der Waals surface area contributed by atoms with Crippen LogP contribution in [0.2, 0.25) is 5.02 Å². The van der Waals surface area contributed by atoms with Crippen LogP contribution in [0.15, 0.2) is 36.4 Å². The molecular formula is C20H21ClN2O4. The van der Waals surface area contributed by atoms with Crippen molar-refractivity contribution in [2.45, 2.75) is 19.3 Å². The smallest absolute Gasteiger partial charge is 0.244 e. The van der Waals surface area contributed by atoms with Crippen LogP contribution in [0.1, 0.15) is 19.4 Å². The monoisotopic (exact) mass is 388 g/mol. The molecule has 0 bridgehead atoms. The average molecular weight is 389 g/mol. The van der Waals surface area contributed by atoms with Gasteiger partial charge in [-0.3, -0.25) is 9.59 Å². The van der Waals surface area contributed by atoms with E-state index in [2.05, 4.69) is 5.32 Å². The molecule has 27 heavy (non-hydrogen) atoms. The van der Waals surface area contributed by atoms with Gasteiger partial charge in [-0.25, -0.2) is 0 Å². The molecule has 0 atom stereocenters. The second kappa shape index (κ2) is 7.12. The third-order valence-electron chi connectivity index (χ3n) is 4.70. The van der Waals surface area contributed by atoms with Crippen molar-refractivity contribution in [3.05, 3.63) is 47.0 Å². The minimum Gasteiger partial charge on any atom is -0.495 e. The summed E-state index contributed by atoms with van der Waals surface area (Å²) in [6.07, 6.45) is 0. The number of ether oxygens (including phenoxy) is 2.